The zero-order chi connectivity index (χ0) is 46.5. The number of carbonyl (C=O) groups excluding carboxylic acids is 3. The van der Waals surface area contributed by atoms with Crippen molar-refractivity contribution in [3.63, 3.8) is 0 Å². The maximum absolute atomic E-state index is 14.2. The first-order valence-electron chi connectivity index (χ1n) is 21.9. The van der Waals surface area contributed by atoms with Gasteiger partial charge in [0.25, 0.3) is 5.91 Å². The number of likely N-dealkylation sites (tertiary alicyclic amines) is 1. The highest BCUT2D eigenvalue weighted by Gasteiger charge is 2.52. The van der Waals surface area contributed by atoms with Gasteiger partial charge in [-0.1, -0.05) is 73.3 Å². The maximum Gasteiger partial charge on any atom is 0.416 e. The predicted molar refractivity (Wildman–Crippen MR) is 232 cm³/mol. The van der Waals surface area contributed by atoms with Crippen LogP contribution in [0.3, 0.4) is 0 Å². The SMILES string of the molecule is CCCCCC(=O)N(CC(=O)N(C)CCCCO)C1Cc2ccccc2C12CCN(CC[C@@]1(c3ccc(Cl)c(Cl)c3)CN(C(=O)c3cc(C(F)(F)F)cc(C(F)(F)F)c3)CCO1)CC2. The first-order valence-corrected chi connectivity index (χ1v) is 22.7. The third kappa shape index (κ3) is 11.2. The zero-order valence-corrected chi connectivity index (χ0v) is 37.7. The molecule has 350 valence electrons. The fourth-order valence-electron chi connectivity index (χ4n) is 9.65. The molecule has 0 bridgehead atoms. The van der Waals surface area contributed by atoms with Crippen molar-refractivity contribution in [3.05, 3.63) is 104 Å². The molecule has 0 aromatic heterocycles. The summed E-state index contributed by atoms with van der Waals surface area (Å²) in [4.78, 5) is 48.8. The average Bonchev–Trinajstić information content (AvgIpc) is 3.57. The molecular formula is C47H56Cl2F6N4O5. The van der Waals surface area contributed by atoms with Crippen molar-refractivity contribution in [2.75, 3.05) is 66.1 Å². The average molecular weight is 942 g/mol. The zero-order valence-electron chi connectivity index (χ0n) is 36.2. The van der Waals surface area contributed by atoms with Gasteiger partial charge in [0, 0.05) is 56.7 Å². The van der Waals surface area contributed by atoms with E-state index >= 15 is 0 Å². The Morgan fingerprint density at radius 2 is 1.55 bits per heavy atom. The Bertz CT molecular complexity index is 2100. The van der Waals surface area contributed by atoms with Gasteiger partial charge in [-0.15, -0.1) is 0 Å². The number of fused-ring (bicyclic) bond motifs is 2. The second-order valence-corrected chi connectivity index (χ2v) is 18.2. The van der Waals surface area contributed by atoms with E-state index in [4.69, 9.17) is 27.9 Å². The summed E-state index contributed by atoms with van der Waals surface area (Å²) in [5, 5.41) is 9.75. The van der Waals surface area contributed by atoms with Crippen molar-refractivity contribution in [3.8, 4) is 0 Å². The van der Waals surface area contributed by atoms with Crippen molar-refractivity contribution in [1.82, 2.24) is 19.6 Å². The highest BCUT2D eigenvalue weighted by molar-refractivity contribution is 6.42. The van der Waals surface area contributed by atoms with E-state index in [1.165, 1.54) is 4.90 Å². The van der Waals surface area contributed by atoms with Gasteiger partial charge in [0.2, 0.25) is 11.8 Å². The van der Waals surface area contributed by atoms with E-state index in [1.807, 2.05) is 17.0 Å². The van der Waals surface area contributed by atoms with Crippen LogP contribution in [0.15, 0.2) is 60.7 Å². The maximum atomic E-state index is 14.2. The minimum Gasteiger partial charge on any atom is -0.396 e. The lowest BCUT2D eigenvalue weighted by Crippen LogP contribution is -2.58. The van der Waals surface area contributed by atoms with Crippen LogP contribution < -0.4 is 0 Å². The van der Waals surface area contributed by atoms with Crippen LogP contribution >= 0.6 is 23.2 Å². The van der Waals surface area contributed by atoms with Gasteiger partial charge in [-0.05, 0) is 105 Å². The molecule has 0 saturated carbocycles. The van der Waals surface area contributed by atoms with Gasteiger partial charge in [0.15, 0.2) is 0 Å². The monoisotopic (exact) mass is 940 g/mol. The Hall–Kier alpha value is -3.89. The normalized spacial score (nSPS) is 20.0. The minimum absolute atomic E-state index is 0.00502. The van der Waals surface area contributed by atoms with Crippen LogP contribution in [0.1, 0.15) is 103 Å². The van der Waals surface area contributed by atoms with Gasteiger partial charge in [-0.3, -0.25) is 14.4 Å². The molecule has 2 heterocycles. The smallest absolute Gasteiger partial charge is 0.396 e. The number of amides is 3. The molecule has 1 aliphatic carbocycles. The summed E-state index contributed by atoms with van der Waals surface area (Å²) in [5.41, 5.74) is -2.78. The fourth-order valence-corrected chi connectivity index (χ4v) is 9.95. The molecule has 6 rings (SSSR count). The van der Waals surface area contributed by atoms with Crippen LogP contribution in [-0.4, -0.2) is 115 Å². The van der Waals surface area contributed by atoms with E-state index in [2.05, 4.69) is 24.0 Å². The third-order valence-electron chi connectivity index (χ3n) is 13.3. The van der Waals surface area contributed by atoms with Gasteiger partial charge < -0.3 is 29.4 Å². The van der Waals surface area contributed by atoms with Crippen molar-refractivity contribution in [2.24, 2.45) is 0 Å². The Morgan fingerprint density at radius 3 is 2.19 bits per heavy atom. The number of hydrogen-bond donors (Lipinski definition) is 1. The largest absolute Gasteiger partial charge is 0.416 e. The Kier molecular flexibility index (Phi) is 16.1. The summed E-state index contributed by atoms with van der Waals surface area (Å²) in [6.07, 6.45) is -3.96. The van der Waals surface area contributed by atoms with Crippen LogP contribution in [0, 0.1) is 0 Å². The number of rotatable bonds is 16. The number of piperidine rings is 1. The summed E-state index contributed by atoms with van der Waals surface area (Å²) < 4.78 is 89.3. The van der Waals surface area contributed by atoms with Crippen molar-refractivity contribution in [2.45, 2.75) is 101 Å². The van der Waals surface area contributed by atoms with Gasteiger partial charge >= 0.3 is 12.4 Å². The number of halogens is 8. The van der Waals surface area contributed by atoms with Gasteiger partial charge in [0.1, 0.15) is 12.1 Å². The molecule has 2 saturated heterocycles. The highest BCUT2D eigenvalue weighted by atomic mass is 35.5. The fraction of sp³-hybridized carbons (Fsp3) is 0.553. The quantitative estimate of drug-likeness (QED) is 0.114. The lowest BCUT2D eigenvalue weighted by atomic mass is 9.70. The van der Waals surface area contributed by atoms with Gasteiger partial charge in [0.05, 0.1) is 34.3 Å². The minimum atomic E-state index is -5.13. The molecule has 3 aliphatic rings. The van der Waals surface area contributed by atoms with Crippen LogP contribution in [0.2, 0.25) is 10.0 Å². The summed E-state index contributed by atoms with van der Waals surface area (Å²) >= 11 is 12.8. The molecule has 2 aliphatic heterocycles. The molecular weight excluding hydrogens is 885 g/mol. The number of aliphatic hydroxyl groups is 1. The molecule has 17 heteroatoms. The van der Waals surface area contributed by atoms with Crippen molar-refractivity contribution < 1.29 is 50.6 Å². The summed E-state index contributed by atoms with van der Waals surface area (Å²) in [7, 11) is 1.72. The molecule has 3 amide bonds. The number of likely N-dealkylation sites (N-methyl/N-ethyl adjacent to an activating group) is 1. The number of benzene rings is 3. The molecule has 0 radical (unpaired) electrons. The molecule has 2 fully saturated rings. The topological polar surface area (TPSA) is 93.6 Å². The van der Waals surface area contributed by atoms with E-state index in [9.17, 15) is 45.8 Å². The Labute approximate surface area is 380 Å². The first-order chi connectivity index (χ1) is 30.3. The van der Waals surface area contributed by atoms with Crippen molar-refractivity contribution in [1.29, 1.82) is 0 Å². The van der Waals surface area contributed by atoms with E-state index in [0.29, 0.717) is 88.8 Å². The standard InChI is InChI=1S/C47H56Cl2F6N4O5/c1-3-4-5-12-41(61)59(30-42(62)56(2)18-8-9-23-60)40-27-32-10-6-7-11-37(32)44(40)15-19-57(20-16-44)21-17-45(34-13-14-38(48)39(49)29-34)31-58(22-24-64-45)43(63)33-25-35(46(50,51)52)28-36(26-33)47(53,54)55/h6-7,10-11,13-14,25-26,28-29,40,60H,3-5,8-9,12,15-24,27,30-31H2,1-2H3/t40?,45-/m0/s1. The van der Waals surface area contributed by atoms with Gasteiger partial charge in [-0.25, -0.2) is 0 Å². The van der Waals surface area contributed by atoms with Crippen LogP contribution in [0.25, 0.3) is 0 Å². The first kappa shape index (κ1) is 49.5. The summed E-state index contributed by atoms with van der Waals surface area (Å²) in [6, 6.07) is 13.7. The summed E-state index contributed by atoms with van der Waals surface area (Å²) in [6.45, 7) is 3.82. The second-order valence-electron chi connectivity index (χ2n) is 17.3. The van der Waals surface area contributed by atoms with E-state index in [0.717, 1.165) is 24.0 Å². The Balaban J connectivity index is 1.25. The van der Waals surface area contributed by atoms with E-state index in [1.54, 1.807) is 30.1 Å². The lowest BCUT2D eigenvalue weighted by molar-refractivity contribution is -0.144. The van der Waals surface area contributed by atoms with E-state index < -0.39 is 46.0 Å². The number of aliphatic hydroxyl groups excluding tert-OH is 1. The molecule has 3 aromatic rings. The Morgan fingerprint density at radius 1 is 0.859 bits per heavy atom. The van der Waals surface area contributed by atoms with Crippen LogP contribution in [-0.2, 0) is 44.1 Å². The molecule has 1 N–H and O–H groups in total. The summed E-state index contributed by atoms with van der Waals surface area (Å²) in [5.74, 6) is -1.22. The number of ether oxygens (including phenoxy) is 1. The molecule has 1 unspecified atom stereocenters. The number of unbranched alkanes of at least 4 members (excludes halogenated alkanes) is 3. The molecule has 64 heavy (non-hydrogen) atoms. The van der Waals surface area contributed by atoms with E-state index in [-0.39, 0.29) is 73.2 Å². The number of morpholine rings is 1. The van der Waals surface area contributed by atoms with Crippen molar-refractivity contribution >= 4 is 40.9 Å². The van der Waals surface area contributed by atoms with Crippen LogP contribution in [0.5, 0.6) is 0 Å². The third-order valence-corrected chi connectivity index (χ3v) is 14.0. The predicted octanol–water partition coefficient (Wildman–Crippen LogP) is 9.39. The lowest BCUT2D eigenvalue weighted by Gasteiger charge is -2.48. The molecule has 3 aromatic carbocycles. The number of nitrogens with zero attached hydrogens (tertiary/aromatic N) is 4. The number of carbonyl (C=O) groups is 3. The molecule has 1 spiro atoms. The number of alkyl halides is 6. The number of hydrogen-bond acceptors (Lipinski definition) is 6. The molecule has 9 nitrogen and oxygen atoms in total. The van der Waals surface area contributed by atoms with Gasteiger partial charge in [-0.2, -0.15) is 26.3 Å². The molecule has 2 atom stereocenters. The highest BCUT2D eigenvalue weighted by Crippen LogP contribution is 2.49. The van der Waals surface area contributed by atoms with Crippen LogP contribution in [0.4, 0.5) is 26.3 Å². The second kappa shape index (κ2) is 20.7.